The maximum absolute atomic E-state index is 15.4. The molecule has 0 aliphatic carbocycles. The van der Waals surface area contributed by atoms with Crippen molar-refractivity contribution in [2.24, 2.45) is 0 Å². The number of hydrogen-bond donors (Lipinski definition) is 1. The van der Waals surface area contributed by atoms with Crippen molar-refractivity contribution in [3.05, 3.63) is 108 Å². The summed E-state index contributed by atoms with van der Waals surface area (Å²) in [6.45, 7) is 3.98. The van der Waals surface area contributed by atoms with Crippen molar-refractivity contribution >= 4 is 16.7 Å². The molecule has 3 aromatic heterocycles. The Bertz CT molecular complexity index is 1430. The summed E-state index contributed by atoms with van der Waals surface area (Å²) in [5, 5.41) is 4.20. The third kappa shape index (κ3) is 4.30. The lowest BCUT2D eigenvalue weighted by molar-refractivity contribution is 0.624. The first-order valence-electron chi connectivity index (χ1n) is 10.9. The van der Waals surface area contributed by atoms with Crippen LogP contribution in [0.3, 0.4) is 0 Å². The molecular formula is C28H23FN4. The van der Waals surface area contributed by atoms with Gasteiger partial charge in [0.2, 0.25) is 0 Å². The third-order valence-corrected chi connectivity index (χ3v) is 5.80. The summed E-state index contributed by atoms with van der Waals surface area (Å²) in [6.07, 6.45) is 5.20. The number of pyridine rings is 3. The van der Waals surface area contributed by atoms with Gasteiger partial charge in [0.05, 0.1) is 11.6 Å². The van der Waals surface area contributed by atoms with Gasteiger partial charge in [-0.25, -0.2) is 9.37 Å². The minimum Gasteiger partial charge on any atom is -0.361 e. The summed E-state index contributed by atoms with van der Waals surface area (Å²) in [6, 6.07) is 23.5. The molecule has 4 nitrogen and oxygen atoms in total. The zero-order chi connectivity index (χ0) is 22.8. The quantitative estimate of drug-likeness (QED) is 0.324. The fourth-order valence-electron chi connectivity index (χ4n) is 3.99. The molecule has 33 heavy (non-hydrogen) atoms. The number of nitrogens with zero attached hydrogens (tertiary/aromatic N) is 3. The van der Waals surface area contributed by atoms with Crippen LogP contribution >= 0.6 is 0 Å². The standard InChI is InChI=1S/C28H23FN4/c1-18-16-22(11-14-30-18)21-7-5-20(6-8-21)19(2)33-28-27(29)25(12-15-32-28)23-9-10-26-24(17-23)4-3-13-31-26/h3-17,19H,1-2H3,(H,32,33). The first kappa shape index (κ1) is 20.8. The average molecular weight is 435 g/mol. The maximum Gasteiger partial charge on any atom is 0.173 e. The number of aromatic nitrogens is 3. The normalized spacial score (nSPS) is 12.0. The van der Waals surface area contributed by atoms with Crippen LogP contribution in [0.4, 0.5) is 10.2 Å². The van der Waals surface area contributed by atoms with E-state index in [-0.39, 0.29) is 17.7 Å². The summed E-state index contributed by atoms with van der Waals surface area (Å²) in [5.41, 5.74) is 6.46. The predicted octanol–water partition coefficient (Wildman–Crippen LogP) is 6.98. The molecule has 5 rings (SSSR count). The molecule has 3 heterocycles. The number of rotatable bonds is 5. The molecule has 5 aromatic rings. The lowest BCUT2D eigenvalue weighted by Crippen LogP contribution is -2.10. The second-order valence-electron chi connectivity index (χ2n) is 8.11. The third-order valence-electron chi connectivity index (χ3n) is 5.80. The fourth-order valence-corrected chi connectivity index (χ4v) is 3.99. The second kappa shape index (κ2) is 8.79. The molecule has 0 bridgehead atoms. The van der Waals surface area contributed by atoms with Crippen LogP contribution in [0, 0.1) is 12.7 Å². The summed E-state index contributed by atoms with van der Waals surface area (Å²) in [4.78, 5) is 12.9. The van der Waals surface area contributed by atoms with Crippen molar-refractivity contribution in [2.45, 2.75) is 19.9 Å². The lowest BCUT2D eigenvalue weighted by Gasteiger charge is -2.17. The van der Waals surface area contributed by atoms with Crippen molar-refractivity contribution in [3.63, 3.8) is 0 Å². The van der Waals surface area contributed by atoms with Crippen LogP contribution in [0.5, 0.6) is 0 Å². The SMILES string of the molecule is Cc1cc(-c2ccc(C(C)Nc3nccc(-c4ccc5ncccc5c4)c3F)cc2)ccn1. The molecule has 1 atom stereocenters. The minimum atomic E-state index is -0.364. The molecule has 2 aromatic carbocycles. The van der Waals surface area contributed by atoms with E-state index in [9.17, 15) is 0 Å². The summed E-state index contributed by atoms with van der Waals surface area (Å²) >= 11 is 0. The number of halogens is 1. The van der Waals surface area contributed by atoms with Gasteiger partial charge in [-0.05, 0) is 72.5 Å². The molecule has 5 heteroatoms. The van der Waals surface area contributed by atoms with E-state index in [4.69, 9.17) is 0 Å². The highest BCUT2D eigenvalue weighted by molar-refractivity contribution is 5.84. The number of fused-ring (bicyclic) bond motifs is 1. The Morgan fingerprint density at radius 1 is 0.758 bits per heavy atom. The zero-order valence-corrected chi connectivity index (χ0v) is 18.5. The highest BCUT2D eigenvalue weighted by atomic mass is 19.1. The van der Waals surface area contributed by atoms with Crippen molar-refractivity contribution in [2.75, 3.05) is 5.32 Å². The summed E-state index contributed by atoms with van der Waals surface area (Å²) < 4.78 is 15.4. The van der Waals surface area contributed by atoms with Gasteiger partial charge in [-0.3, -0.25) is 9.97 Å². The van der Waals surface area contributed by atoms with Gasteiger partial charge >= 0.3 is 0 Å². The molecule has 1 N–H and O–H groups in total. The Morgan fingerprint density at radius 3 is 2.36 bits per heavy atom. The molecule has 0 spiro atoms. The summed E-state index contributed by atoms with van der Waals surface area (Å²) in [5.74, 6) is -0.128. The Kier molecular flexibility index (Phi) is 5.53. The van der Waals surface area contributed by atoms with Gasteiger partial charge in [0.25, 0.3) is 0 Å². The van der Waals surface area contributed by atoms with Crippen LogP contribution in [0.1, 0.15) is 24.2 Å². The van der Waals surface area contributed by atoms with Gasteiger partial charge in [-0.2, -0.15) is 0 Å². The van der Waals surface area contributed by atoms with E-state index in [1.165, 1.54) is 0 Å². The van der Waals surface area contributed by atoms with Gasteiger partial charge in [-0.15, -0.1) is 0 Å². The highest BCUT2D eigenvalue weighted by Gasteiger charge is 2.15. The van der Waals surface area contributed by atoms with Gasteiger partial charge in [0, 0.05) is 35.2 Å². The van der Waals surface area contributed by atoms with E-state index in [0.29, 0.717) is 5.56 Å². The van der Waals surface area contributed by atoms with E-state index in [1.54, 1.807) is 18.5 Å². The molecule has 0 radical (unpaired) electrons. The smallest absolute Gasteiger partial charge is 0.173 e. The van der Waals surface area contributed by atoms with E-state index in [0.717, 1.165) is 38.9 Å². The molecule has 0 aliphatic heterocycles. The molecule has 0 fully saturated rings. The number of nitrogens with one attached hydrogen (secondary N) is 1. The molecule has 0 aliphatic rings. The van der Waals surface area contributed by atoms with Gasteiger partial charge < -0.3 is 5.32 Å². The van der Waals surface area contributed by atoms with E-state index < -0.39 is 0 Å². The van der Waals surface area contributed by atoms with E-state index in [2.05, 4.69) is 50.6 Å². The van der Waals surface area contributed by atoms with Crippen LogP contribution in [0.2, 0.25) is 0 Å². The van der Waals surface area contributed by atoms with Crippen molar-refractivity contribution in [1.82, 2.24) is 15.0 Å². The van der Waals surface area contributed by atoms with Crippen molar-refractivity contribution in [3.8, 4) is 22.3 Å². The van der Waals surface area contributed by atoms with Crippen molar-refractivity contribution < 1.29 is 4.39 Å². The van der Waals surface area contributed by atoms with Gasteiger partial charge in [0.1, 0.15) is 0 Å². The molecule has 0 saturated carbocycles. The van der Waals surface area contributed by atoms with Gasteiger partial charge in [-0.1, -0.05) is 36.4 Å². The van der Waals surface area contributed by atoms with Crippen molar-refractivity contribution in [1.29, 1.82) is 0 Å². The predicted molar refractivity (Wildman–Crippen MR) is 131 cm³/mol. The molecular weight excluding hydrogens is 411 g/mol. The molecule has 162 valence electrons. The fraction of sp³-hybridized carbons (Fsp3) is 0.107. The number of hydrogen-bond acceptors (Lipinski definition) is 4. The Balaban J connectivity index is 1.39. The number of aryl methyl sites for hydroxylation is 1. The average Bonchev–Trinajstić information content (AvgIpc) is 2.85. The van der Waals surface area contributed by atoms with Crippen LogP contribution in [-0.2, 0) is 0 Å². The Labute approximate surface area is 192 Å². The van der Waals surface area contributed by atoms with Crippen LogP contribution < -0.4 is 5.32 Å². The van der Waals surface area contributed by atoms with Crippen LogP contribution in [0.25, 0.3) is 33.2 Å². The first-order valence-corrected chi connectivity index (χ1v) is 10.9. The van der Waals surface area contributed by atoms with Crippen LogP contribution in [-0.4, -0.2) is 15.0 Å². The molecule has 1 unspecified atom stereocenters. The Hall–Kier alpha value is -4.12. The summed E-state index contributed by atoms with van der Waals surface area (Å²) in [7, 11) is 0. The maximum atomic E-state index is 15.4. The van der Waals surface area contributed by atoms with Gasteiger partial charge in [0.15, 0.2) is 11.6 Å². The topological polar surface area (TPSA) is 50.7 Å². The lowest BCUT2D eigenvalue weighted by atomic mass is 10.0. The largest absolute Gasteiger partial charge is 0.361 e. The minimum absolute atomic E-state index is 0.115. The molecule has 0 amide bonds. The first-order chi connectivity index (χ1) is 16.1. The highest BCUT2D eigenvalue weighted by Crippen LogP contribution is 2.30. The number of benzene rings is 2. The van der Waals surface area contributed by atoms with E-state index >= 15 is 4.39 Å². The second-order valence-corrected chi connectivity index (χ2v) is 8.11. The van der Waals surface area contributed by atoms with Crippen LogP contribution in [0.15, 0.2) is 91.4 Å². The van der Waals surface area contributed by atoms with E-state index in [1.807, 2.05) is 56.4 Å². The monoisotopic (exact) mass is 434 g/mol. The number of anilines is 1. The molecule has 0 saturated heterocycles. The zero-order valence-electron chi connectivity index (χ0n) is 18.5. The Morgan fingerprint density at radius 2 is 1.55 bits per heavy atom.